The van der Waals surface area contributed by atoms with Crippen molar-refractivity contribution in [2.75, 3.05) is 12.9 Å². The number of ether oxygens (including phenoxy) is 1. The molecule has 6 nitrogen and oxygen atoms in total. The van der Waals surface area contributed by atoms with E-state index in [1.54, 1.807) is 30.6 Å². The second-order valence-corrected chi connectivity index (χ2v) is 5.74. The number of esters is 1. The Morgan fingerprint density at radius 2 is 2.43 bits per heavy atom. The van der Waals surface area contributed by atoms with Crippen LogP contribution in [0, 0.1) is 17.2 Å². The standard InChI is InChI=1S/C16H15N3O3S/c1-3-7-23-15-11(8-17)12(10-5-4-6-18-9-10)13(14(20)19-15)16(21)22-2/h3-6,9,12-13H,1,7H2,2H3,(H,19,20). The molecule has 1 amide bonds. The van der Waals surface area contributed by atoms with Crippen LogP contribution in [0.1, 0.15) is 11.5 Å². The summed E-state index contributed by atoms with van der Waals surface area (Å²) in [6.45, 7) is 3.63. The molecule has 0 fully saturated rings. The number of nitriles is 1. The lowest BCUT2D eigenvalue weighted by Gasteiger charge is -2.30. The van der Waals surface area contributed by atoms with Gasteiger partial charge in [0.1, 0.15) is 5.92 Å². The predicted molar refractivity (Wildman–Crippen MR) is 85.9 cm³/mol. The van der Waals surface area contributed by atoms with Gasteiger partial charge in [0.2, 0.25) is 5.91 Å². The summed E-state index contributed by atoms with van der Waals surface area (Å²) in [5.74, 6) is -2.48. The normalized spacial score (nSPS) is 20.4. The summed E-state index contributed by atoms with van der Waals surface area (Å²) < 4.78 is 4.75. The Labute approximate surface area is 138 Å². The molecule has 2 atom stereocenters. The third kappa shape index (κ3) is 3.43. The zero-order valence-electron chi connectivity index (χ0n) is 12.5. The number of pyridine rings is 1. The number of nitrogens with one attached hydrogen (secondary N) is 1. The molecule has 0 radical (unpaired) electrons. The molecule has 0 bridgehead atoms. The molecular weight excluding hydrogens is 314 g/mol. The third-order valence-corrected chi connectivity index (χ3v) is 4.39. The quantitative estimate of drug-likeness (QED) is 0.502. The fourth-order valence-electron chi connectivity index (χ4n) is 2.38. The minimum absolute atomic E-state index is 0.319. The van der Waals surface area contributed by atoms with Crippen LogP contribution in [-0.4, -0.2) is 29.7 Å². The van der Waals surface area contributed by atoms with Crippen LogP contribution in [-0.2, 0) is 14.3 Å². The molecule has 0 aliphatic carbocycles. The average Bonchev–Trinajstić information content (AvgIpc) is 2.59. The Bertz CT molecular complexity index is 694. The van der Waals surface area contributed by atoms with Crippen molar-refractivity contribution in [3.05, 3.63) is 53.3 Å². The summed E-state index contributed by atoms with van der Waals surface area (Å²) in [6.07, 6.45) is 4.80. The van der Waals surface area contributed by atoms with Gasteiger partial charge in [0, 0.05) is 24.1 Å². The van der Waals surface area contributed by atoms with Crippen LogP contribution >= 0.6 is 11.8 Å². The summed E-state index contributed by atoms with van der Waals surface area (Å²) in [4.78, 5) is 28.5. The van der Waals surface area contributed by atoms with Crippen molar-refractivity contribution in [3.63, 3.8) is 0 Å². The fraction of sp³-hybridized carbons (Fsp3) is 0.250. The van der Waals surface area contributed by atoms with E-state index in [9.17, 15) is 14.9 Å². The van der Waals surface area contributed by atoms with E-state index in [1.807, 2.05) is 0 Å². The predicted octanol–water partition coefficient (Wildman–Crippen LogP) is 1.74. The second kappa shape index (κ2) is 7.61. The van der Waals surface area contributed by atoms with E-state index in [-0.39, 0.29) is 0 Å². The molecule has 0 saturated carbocycles. The number of hydrogen-bond acceptors (Lipinski definition) is 6. The molecular formula is C16H15N3O3S. The average molecular weight is 329 g/mol. The first-order valence-electron chi connectivity index (χ1n) is 6.80. The van der Waals surface area contributed by atoms with Gasteiger partial charge in [0.15, 0.2) is 0 Å². The zero-order valence-corrected chi connectivity index (χ0v) is 13.3. The molecule has 7 heteroatoms. The van der Waals surface area contributed by atoms with Gasteiger partial charge in [-0.15, -0.1) is 18.3 Å². The third-order valence-electron chi connectivity index (χ3n) is 3.37. The molecule has 2 rings (SSSR count). The summed E-state index contributed by atoms with van der Waals surface area (Å²) in [6, 6.07) is 5.55. The molecule has 1 aromatic heterocycles. The van der Waals surface area contributed by atoms with E-state index in [4.69, 9.17) is 4.74 Å². The van der Waals surface area contributed by atoms with E-state index >= 15 is 0 Å². The van der Waals surface area contributed by atoms with Crippen LogP contribution in [0.15, 0.2) is 47.8 Å². The van der Waals surface area contributed by atoms with Gasteiger partial charge in [-0.2, -0.15) is 5.26 Å². The minimum atomic E-state index is -1.12. The maximum atomic E-state index is 12.4. The van der Waals surface area contributed by atoms with E-state index in [1.165, 1.54) is 18.9 Å². The van der Waals surface area contributed by atoms with Crippen LogP contribution in [0.25, 0.3) is 0 Å². The molecule has 118 valence electrons. The first kappa shape index (κ1) is 16.8. The fourth-order valence-corrected chi connectivity index (χ4v) is 3.17. The SMILES string of the molecule is C=CCSC1=C(C#N)C(c2cccnc2)C(C(=O)OC)C(=O)N1. The number of carbonyl (C=O) groups is 2. The highest BCUT2D eigenvalue weighted by atomic mass is 32.2. The van der Waals surface area contributed by atoms with E-state index in [2.05, 4.69) is 22.9 Å². The van der Waals surface area contributed by atoms with Gasteiger partial charge in [-0.05, 0) is 11.6 Å². The first-order valence-corrected chi connectivity index (χ1v) is 7.79. The number of nitrogens with zero attached hydrogens (tertiary/aromatic N) is 2. The molecule has 2 unspecified atom stereocenters. The highest BCUT2D eigenvalue weighted by molar-refractivity contribution is 8.03. The van der Waals surface area contributed by atoms with Gasteiger partial charge >= 0.3 is 5.97 Å². The molecule has 1 aliphatic heterocycles. The summed E-state index contributed by atoms with van der Waals surface area (Å²) in [7, 11) is 1.22. The molecule has 1 N–H and O–H groups in total. The Morgan fingerprint density at radius 3 is 3.00 bits per heavy atom. The number of methoxy groups -OCH3 is 1. The Hall–Kier alpha value is -2.59. The minimum Gasteiger partial charge on any atom is -0.468 e. The van der Waals surface area contributed by atoms with Crippen LogP contribution in [0.2, 0.25) is 0 Å². The van der Waals surface area contributed by atoms with Gasteiger partial charge in [-0.25, -0.2) is 0 Å². The first-order chi connectivity index (χ1) is 11.1. The van der Waals surface area contributed by atoms with Gasteiger partial charge in [-0.1, -0.05) is 12.1 Å². The molecule has 1 aliphatic rings. The zero-order chi connectivity index (χ0) is 16.8. The maximum Gasteiger partial charge on any atom is 0.319 e. The van der Waals surface area contributed by atoms with E-state index in [0.29, 0.717) is 21.9 Å². The van der Waals surface area contributed by atoms with Gasteiger partial charge in [-0.3, -0.25) is 14.6 Å². The van der Waals surface area contributed by atoms with E-state index in [0.717, 1.165) is 0 Å². The van der Waals surface area contributed by atoms with Crippen molar-refractivity contribution in [2.45, 2.75) is 5.92 Å². The molecule has 0 saturated heterocycles. The second-order valence-electron chi connectivity index (χ2n) is 4.71. The number of rotatable bonds is 5. The summed E-state index contributed by atoms with van der Waals surface area (Å²) >= 11 is 1.29. The number of aromatic nitrogens is 1. The number of allylic oxidation sites excluding steroid dienone is 1. The van der Waals surface area contributed by atoms with Gasteiger partial charge in [0.05, 0.1) is 23.8 Å². The lowest BCUT2D eigenvalue weighted by Crippen LogP contribution is -2.44. The molecule has 0 aromatic carbocycles. The van der Waals surface area contributed by atoms with Crippen LogP contribution in [0.3, 0.4) is 0 Å². The molecule has 23 heavy (non-hydrogen) atoms. The van der Waals surface area contributed by atoms with Crippen molar-refractivity contribution in [2.24, 2.45) is 5.92 Å². The van der Waals surface area contributed by atoms with Crippen LogP contribution in [0.4, 0.5) is 0 Å². The monoisotopic (exact) mass is 329 g/mol. The van der Waals surface area contributed by atoms with Gasteiger partial charge in [0.25, 0.3) is 0 Å². The smallest absolute Gasteiger partial charge is 0.319 e. The van der Waals surface area contributed by atoms with Crippen molar-refractivity contribution in [1.29, 1.82) is 5.26 Å². The molecule has 0 spiro atoms. The number of hydrogen-bond donors (Lipinski definition) is 1. The topological polar surface area (TPSA) is 92.1 Å². The lowest BCUT2D eigenvalue weighted by molar-refractivity contribution is -0.150. The molecule has 1 aromatic rings. The molecule has 2 heterocycles. The number of amides is 1. The van der Waals surface area contributed by atoms with Crippen molar-refractivity contribution >= 4 is 23.6 Å². The summed E-state index contributed by atoms with van der Waals surface area (Å²) in [5, 5.41) is 12.6. The van der Waals surface area contributed by atoms with Crippen LogP contribution in [0.5, 0.6) is 0 Å². The number of thioether (sulfide) groups is 1. The van der Waals surface area contributed by atoms with Crippen molar-refractivity contribution in [3.8, 4) is 6.07 Å². The summed E-state index contributed by atoms with van der Waals surface area (Å²) in [5.41, 5.74) is 0.936. The Morgan fingerprint density at radius 1 is 1.65 bits per heavy atom. The van der Waals surface area contributed by atoms with E-state index < -0.39 is 23.7 Å². The largest absolute Gasteiger partial charge is 0.468 e. The van der Waals surface area contributed by atoms with Crippen molar-refractivity contribution in [1.82, 2.24) is 10.3 Å². The highest BCUT2D eigenvalue weighted by Gasteiger charge is 2.44. The Kier molecular flexibility index (Phi) is 5.55. The highest BCUT2D eigenvalue weighted by Crippen LogP contribution is 2.39. The van der Waals surface area contributed by atoms with Crippen molar-refractivity contribution < 1.29 is 14.3 Å². The number of carbonyl (C=O) groups excluding carboxylic acids is 2. The van der Waals surface area contributed by atoms with Gasteiger partial charge < -0.3 is 10.1 Å². The van der Waals surface area contributed by atoms with Crippen LogP contribution < -0.4 is 5.32 Å². The Balaban J connectivity index is 2.58. The maximum absolute atomic E-state index is 12.4. The lowest BCUT2D eigenvalue weighted by atomic mass is 9.79.